The Balaban J connectivity index is 2.94. The number of rotatable bonds is 2. The minimum atomic E-state index is -0.527. The number of primary amides is 1. The maximum absolute atomic E-state index is 10.8. The summed E-state index contributed by atoms with van der Waals surface area (Å²) in [6, 6.07) is 6.16. The zero-order valence-corrected chi connectivity index (χ0v) is 7.82. The zero-order chi connectivity index (χ0) is 10.7. The van der Waals surface area contributed by atoms with Crippen molar-refractivity contribution in [1.29, 1.82) is 5.41 Å². The van der Waals surface area contributed by atoms with Gasteiger partial charge in [0.05, 0.1) is 0 Å². The molecule has 1 aromatic rings. The number of amidine groups is 1. The van der Waals surface area contributed by atoms with Gasteiger partial charge >= 0.3 is 6.03 Å². The van der Waals surface area contributed by atoms with Gasteiger partial charge in [0, 0.05) is 18.3 Å². The van der Waals surface area contributed by atoms with Crippen molar-refractivity contribution in [1.82, 2.24) is 0 Å². The molecular weight excluding hydrogens is 180 g/mol. The Bertz CT molecular complexity index is 358. The number of hydrogen-bond acceptors (Lipinski definition) is 2. The number of hydrogen-bond donors (Lipinski definition) is 3. The van der Waals surface area contributed by atoms with E-state index < -0.39 is 6.03 Å². The van der Waals surface area contributed by atoms with E-state index >= 15 is 0 Å². The van der Waals surface area contributed by atoms with Crippen LogP contribution in [-0.4, -0.2) is 18.9 Å². The van der Waals surface area contributed by atoms with Crippen molar-refractivity contribution in [2.75, 3.05) is 11.9 Å². The monoisotopic (exact) mass is 192 g/mol. The van der Waals surface area contributed by atoms with Crippen molar-refractivity contribution >= 4 is 17.6 Å². The third kappa shape index (κ3) is 2.01. The molecular formula is C9H12N4O. The van der Waals surface area contributed by atoms with E-state index in [-0.39, 0.29) is 5.84 Å². The molecule has 0 saturated carbocycles. The molecule has 14 heavy (non-hydrogen) atoms. The van der Waals surface area contributed by atoms with Crippen LogP contribution in [-0.2, 0) is 0 Å². The van der Waals surface area contributed by atoms with Crippen molar-refractivity contribution in [3.63, 3.8) is 0 Å². The molecule has 0 aliphatic rings. The minimum absolute atomic E-state index is 0.00159. The fourth-order valence-electron chi connectivity index (χ4n) is 0.992. The summed E-state index contributed by atoms with van der Waals surface area (Å²) in [6.07, 6.45) is 0. The highest BCUT2D eigenvalue weighted by molar-refractivity contribution is 5.96. The average molecular weight is 192 g/mol. The molecule has 0 saturated heterocycles. The highest BCUT2D eigenvalue weighted by atomic mass is 16.2. The largest absolute Gasteiger partial charge is 0.384 e. The lowest BCUT2D eigenvalue weighted by Gasteiger charge is -2.14. The number of anilines is 1. The maximum atomic E-state index is 10.8. The molecule has 1 aromatic carbocycles. The summed E-state index contributed by atoms with van der Waals surface area (Å²) in [4.78, 5) is 12.1. The van der Waals surface area contributed by atoms with Crippen LogP contribution in [0.5, 0.6) is 0 Å². The van der Waals surface area contributed by atoms with Gasteiger partial charge < -0.3 is 11.5 Å². The molecule has 0 fully saturated rings. The van der Waals surface area contributed by atoms with E-state index in [1.807, 2.05) is 0 Å². The summed E-state index contributed by atoms with van der Waals surface area (Å²) < 4.78 is 0. The molecule has 0 heterocycles. The first-order valence-electron chi connectivity index (χ1n) is 4.00. The van der Waals surface area contributed by atoms with Gasteiger partial charge in [0.2, 0.25) is 0 Å². The number of carbonyl (C=O) groups excluding carboxylic acids is 1. The highest BCUT2D eigenvalue weighted by Crippen LogP contribution is 2.12. The lowest BCUT2D eigenvalue weighted by Crippen LogP contribution is -2.31. The predicted molar refractivity (Wildman–Crippen MR) is 55.4 cm³/mol. The van der Waals surface area contributed by atoms with Gasteiger partial charge in [-0.3, -0.25) is 10.3 Å². The Morgan fingerprint density at radius 3 is 2.14 bits per heavy atom. The lowest BCUT2D eigenvalue weighted by atomic mass is 10.2. The van der Waals surface area contributed by atoms with Gasteiger partial charge in [-0.05, 0) is 24.3 Å². The third-order valence-corrected chi connectivity index (χ3v) is 1.90. The Morgan fingerprint density at radius 1 is 1.29 bits per heavy atom. The Hall–Kier alpha value is -2.04. The molecule has 0 aromatic heterocycles. The Morgan fingerprint density at radius 2 is 1.79 bits per heavy atom. The van der Waals surface area contributed by atoms with Crippen LogP contribution in [0.3, 0.4) is 0 Å². The first kappa shape index (κ1) is 10.0. The molecule has 0 aliphatic heterocycles. The van der Waals surface area contributed by atoms with E-state index in [4.69, 9.17) is 16.9 Å². The Kier molecular flexibility index (Phi) is 2.71. The van der Waals surface area contributed by atoms with E-state index in [2.05, 4.69) is 0 Å². The van der Waals surface area contributed by atoms with Crippen LogP contribution >= 0.6 is 0 Å². The van der Waals surface area contributed by atoms with E-state index in [1.165, 1.54) is 4.90 Å². The van der Waals surface area contributed by atoms with E-state index in [0.717, 1.165) is 0 Å². The second kappa shape index (κ2) is 3.78. The first-order chi connectivity index (χ1) is 6.52. The normalized spacial score (nSPS) is 9.50. The number of nitrogens with one attached hydrogen (secondary N) is 1. The van der Waals surface area contributed by atoms with Crippen LogP contribution in [0.2, 0.25) is 0 Å². The van der Waals surface area contributed by atoms with Crippen LogP contribution < -0.4 is 16.4 Å². The van der Waals surface area contributed by atoms with Crippen molar-refractivity contribution in [3.8, 4) is 0 Å². The van der Waals surface area contributed by atoms with Gasteiger partial charge in [0.15, 0.2) is 0 Å². The quantitative estimate of drug-likeness (QED) is 0.469. The van der Waals surface area contributed by atoms with Crippen LogP contribution in [0.4, 0.5) is 10.5 Å². The zero-order valence-electron chi connectivity index (χ0n) is 7.82. The number of benzene rings is 1. The number of nitrogens with two attached hydrogens (primary N) is 2. The van der Waals surface area contributed by atoms with E-state index in [9.17, 15) is 4.79 Å². The first-order valence-corrected chi connectivity index (χ1v) is 4.00. The van der Waals surface area contributed by atoms with Crippen LogP contribution in [0.25, 0.3) is 0 Å². The molecule has 0 unspecified atom stereocenters. The molecule has 5 nitrogen and oxygen atoms in total. The summed E-state index contributed by atoms with van der Waals surface area (Å²) in [6.45, 7) is 0. The standard InChI is InChI=1S/C9H12N4O/c1-13(9(12)14)7-4-2-6(3-5-7)8(10)11/h2-5H,1H3,(H3,10,11)(H2,12,14). The molecule has 1 rings (SSSR count). The van der Waals surface area contributed by atoms with Gasteiger partial charge in [-0.25, -0.2) is 4.79 Å². The van der Waals surface area contributed by atoms with Gasteiger partial charge in [0.25, 0.3) is 0 Å². The molecule has 0 radical (unpaired) electrons. The summed E-state index contributed by atoms with van der Waals surface area (Å²) in [7, 11) is 1.57. The smallest absolute Gasteiger partial charge is 0.318 e. The van der Waals surface area contributed by atoms with Crippen molar-refractivity contribution in [2.24, 2.45) is 11.5 Å². The van der Waals surface area contributed by atoms with Crippen LogP contribution in [0, 0.1) is 5.41 Å². The third-order valence-electron chi connectivity index (χ3n) is 1.90. The maximum Gasteiger partial charge on any atom is 0.318 e. The van der Waals surface area contributed by atoms with Gasteiger partial charge in [0.1, 0.15) is 5.84 Å². The molecule has 74 valence electrons. The topological polar surface area (TPSA) is 96.2 Å². The van der Waals surface area contributed by atoms with Gasteiger partial charge in [-0.1, -0.05) is 0 Å². The van der Waals surface area contributed by atoms with Gasteiger partial charge in [-0.2, -0.15) is 0 Å². The van der Waals surface area contributed by atoms with Crippen LogP contribution in [0.1, 0.15) is 5.56 Å². The fourth-order valence-corrected chi connectivity index (χ4v) is 0.992. The number of amides is 2. The van der Waals surface area contributed by atoms with Crippen molar-refractivity contribution in [3.05, 3.63) is 29.8 Å². The second-order valence-corrected chi connectivity index (χ2v) is 2.86. The molecule has 0 spiro atoms. The molecule has 0 aliphatic carbocycles. The lowest BCUT2D eigenvalue weighted by molar-refractivity contribution is 0.255. The number of urea groups is 1. The molecule has 0 atom stereocenters. The summed E-state index contributed by atoms with van der Waals surface area (Å²) >= 11 is 0. The van der Waals surface area contributed by atoms with Crippen molar-refractivity contribution in [2.45, 2.75) is 0 Å². The van der Waals surface area contributed by atoms with Crippen molar-refractivity contribution < 1.29 is 4.79 Å². The van der Waals surface area contributed by atoms with E-state index in [1.54, 1.807) is 31.3 Å². The second-order valence-electron chi connectivity index (χ2n) is 2.86. The number of nitrogen functional groups attached to an aromatic ring is 1. The molecule has 2 amide bonds. The summed E-state index contributed by atoms with van der Waals surface area (Å²) in [5, 5.41) is 7.17. The molecule has 0 bridgehead atoms. The fraction of sp³-hybridized carbons (Fsp3) is 0.111. The van der Waals surface area contributed by atoms with Gasteiger partial charge in [-0.15, -0.1) is 0 Å². The minimum Gasteiger partial charge on any atom is -0.384 e. The number of nitrogens with zero attached hydrogens (tertiary/aromatic N) is 1. The SMILES string of the molecule is CN(C(N)=O)c1ccc(C(=N)N)cc1. The Labute approximate surface area is 81.8 Å². The predicted octanol–water partition coefficient (Wildman–Crippen LogP) is 0.486. The van der Waals surface area contributed by atoms with Crippen LogP contribution in [0.15, 0.2) is 24.3 Å². The van der Waals surface area contributed by atoms with E-state index in [0.29, 0.717) is 11.3 Å². The average Bonchev–Trinajstić information content (AvgIpc) is 2.16. The summed E-state index contributed by atoms with van der Waals surface area (Å²) in [5.74, 6) is -0.00159. The molecule has 5 heteroatoms. The summed E-state index contributed by atoms with van der Waals surface area (Å²) in [5.41, 5.74) is 11.6. The number of carbonyl (C=O) groups is 1. The molecule has 5 N–H and O–H groups in total. The highest BCUT2D eigenvalue weighted by Gasteiger charge is 2.05.